The summed E-state index contributed by atoms with van der Waals surface area (Å²) in [5, 5.41) is 9.80. The summed E-state index contributed by atoms with van der Waals surface area (Å²) in [6.45, 7) is 0. The number of nitriles is 1. The van der Waals surface area contributed by atoms with Crippen molar-refractivity contribution in [3.05, 3.63) is 58.4 Å². The molecule has 0 fully saturated rings. The van der Waals surface area contributed by atoms with Crippen molar-refractivity contribution in [3.63, 3.8) is 0 Å². The smallest absolute Gasteiger partial charge is 0.210 e. The molecule has 0 saturated carbocycles. The van der Waals surface area contributed by atoms with Gasteiger partial charge in [0.15, 0.2) is 0 Å². The van der Waals surface area contributed by atoms with E-state index in [1.54, 1.807) is 18.3 Å². The zero-order chi connectivity index (χ0) is 13.7. The molecule has 3 aromatic heterocycles. The molecule has 20 heavy (non-hydrogen) atoms. The lowest BCUT2D eigenvalue weighted by molar-refractivity contribution is 1.23. The van der Waals surface area contributed by atoms with Crippen LogP contribution in [-0.4, -0.2) is 9.38 Å². The molecule has 4 rings (SSSR count). The molecule has 0 aliphatic rings. The van der Waals surface area contributed by atoms with E-state index in [1.807, 2.05) is 34.7 Å². The van der Waals surface area contributed by atoms with Crippen LogP contribution < -0.4 is 5.43 Å². The van der Waals surface area contributed by atoms with E-state index < -0.39 is 0 Å². The first-order chi connectivity index (χ1) is 9.81. The van der Waals surface area contributed by atoms with Gasteiger partial charge in [0.2, 0.25) is 5.43 Å². The molecule has 0 spiro atoms. The van der Waals surface area contributed by atoms with Crippen molar-refractivity contribution in [3.8, 4) is 6.07 Å². The van der Waals surface area contributed by atoms with E-state index in [9.17, 15) is 10.1 Å². The van der Waals surface area contributed by atoms with E-state index >= 15 is 0 Å². The Hall–Kier alpha value is -2.71. The van der Waals surface area contributed by atoms with Crippen molar-refractivity contribution in [2.45, 2.75) is 0 Å². The van der Waals surface area contributed by atoms with E-state index in [0.717, 1.165) is 10.2 Å². The van der Waals surface area contributed by atoms with Crippen molar-refractivity contribution in [2.75, 3.05) is 0 Å². The molecule has 0 aliphatic carbocycles. The third kappa shape index (κ3) is 1.29. The second-order valence-electron chi connectivity index (χ2n) is 4.40. The summed E-state index contributed by atoms with van der Waals surface area (Å²) in [4.78, 5) is 17.4. The van der Waals surface area contributed by atoms with Crippen LogP contribution in [0.15, 0.2) is 47.4 Å². The Kier molecular flexibility index (Phi) is 2.17. The number of para-hydroxylation sites is 1. The highest BCUT2D eigenvalue weighted by atomic mass is 32.1. The van der Waals surface area contributed by atoms with Crippen molar-refractivity contribution in [1.29, 1.82) is 5.26 Å². The quantitative estimate of drug-likeness (QED) is 0.496. The molecule has 94 valence electrons. The van der Waals surface area contributed by atoms with Crippen molar-refractivity contribution in [2.24, 2.45) is 0 Å². The Balaban J connectivity index is 2.48. The van der Waals surface area contributed by atoms with Crippen LogP contribution in [-0.2, 0) is 0 Å². The molecule has 5 heteroatoms. The summed E-state index contributed by atoms with van der Waals surface area (Å²) in [5.41, 5.74) is 1.51. The Morgan fingerprint density at radius 3 is 2.90 bits per heavy atom. The van der Waals surface area contributed by atoms with E-state index in [2.05, 4.69) is 4.98 Å². The van der Waals surface area contributed by atoms with Gasteiger partial charge in [-0.3, -0.25) is 9.20 Å². The van der Waals surface area contributed by atoms with Gasteiger partial charge in [0.05, 0.1) is 15.6 Å². The minimum atomic E-state index is -0.248. The molecule has 4 aromatic rings. The van der Waals surface area contributed by atoms with Gasteiger partial charge in [-0.1, -0.05) is 12.1 Å². The molecule has 4 nitrogen and oxygen atoms in total. The summed E-state index contributed by atoms with van der Waals surface area (Å²) in [5.74, 6) is 0. The van der Waals surface area contributed by atoms with Crippen LogP contribution in [0.2, 0.25) is 0 Å². The molecular formula is C15H7N3OS. The Bertz CT molecular complexity index is 1090. The van der Waals surface area contributed by atoms with Gasteiger partial charge in [-0.25, -0.2) is 4.98 Å². The summed E-state index contributed by atoms with van der Waals surface area (Å²) >= 11 is 1.44. The van der Waals surface area contributed by atoms with Crippen LogP contribution in [0.5, 0.6) is 0 Å². The van der Waals surface area contributed by atoms with Crippen molar-refractivity contribution in [1.82, 2.24) is 9.38 Å². The fourth-order valence-electron chi connectivity index (χ4n) is 2.44. The van der Waals surface area contributed by atoms with Crippen molar-refractivity contribution >= 4 is 37.4 Å². The van der Waals surface area contributed by atoms with Crippen LogP contribution in [0.4, 0.5) is 0 Å². The SMILES string of the molecule is N#Cc1c(=O)c2cccnc2n2c1sc1ccccc12. The van der Waals surface area contributed by atoms with Crippen molar-refractivity contribution < 1.29 is 0 Å². The summed E-state index contributed by atoms with van der Waals surface area (Å²) in [7, 11) is 0. The van der Waals surface area contributed by atoms with Gasteiger partial charge in [0.25, 0.3) is 0 Å². The molecule has 0 unspecified atom stereocenters. The Labute approximate surface area is 117 Å². The Morgan fingerprint density at radius 2 is 2.05 bits per heavy atom. The van der Waals surface area contributed by atoms with Crippen LogP contribution in [0.3, 0.4) is 0 Å². The maximum absolute atomic E-state index is 12.4. The second kappa shape index (κ2) is 3.89. The number of thiazole rings is 1. The van der Waals surface area contributed by atoms with Crippen LogP contribution >= 0.6 is 11.3 Å². The molecule has 0 saturated heterocycles. The van der Waals surface area contributed by atoms with Gasteiger partial charge < -0.3 is 0 Å². The zero-order valence-corrected chi connectivity index (χ0v) is 11.0. The Morgan fingerprint density at radius 1 is 1.20 bits per heavy atom. The number of fused-ring (bicyclic) bond motifs is 5. The summed E-state index contributed by atoms with van der Waals surface area (Å²) in [6, 6.07) is 13.3. The minimum Gasteiger partial charge on any atom is -0.288 e. The highest BCUT2D eigenvalue weighted by molar-refractivity contribution is 7.24. The number of hydrogen-bond acceptors (Lipinski definition) is 4. The fourth-order valence-corrected chi connectivity index (χ4v) is 3.58. The number of nitrogens with zero attached hydrogens (tertiary/aromatic N) is 3. The predicted octanol–water partition coefficient (Wildman–Crippen LogP) is 2.93. The second-order valence-corrected chi connectivity index (χ2v) is 5.43. The zero-order valence-electron chi connectivity index (χ0n) is 10.2. The number of pyridine rings is 2. The molecule has 3 heterocycles. The average molecular weight is 277 g/mol. The number of rotatable bonds is 0. The molecule has 0 bridgehead atoms. The summed E-state index contributed by atoms with van der Waals surface area (Å²) in [6.07, 6.45) is 1.66. The predicted molar refractivity (Wildman–Crippen MR) is 79.1 cm³/mol. The van der Waals surface area contributed by atoms with E-state index in [1.165, 1.54) is 11.3 Å². The lowest BCUT2D eigenvalue weighted by Gasteiger charge is -2.03. The molecule has 0 amide bonds. The summed E-state index contributed by atoms with van der Waals surface area (Å²) < 4.78 is 2.93. The molecule has 0 aliphatic heterocycles. The number of hydrogen-bond donors (Lipinski definition) is 0. The third-order valence-electron chi connectivity index (χ3n) is 3.31. The van der Waals surface area contributed by atoms with E-state index in [4.69, 9.17) is 0 Å². The first-order valence-electron chi connectivity index (χ1n) is 6.02. The highest BCUT2D eigenvalue weighted by Crippen LogP contribution is 2.29. The standard InChI is InChI=1S/C15H7N3OS/c16-8-10-13(19)9-4-3-7-17-14(9)18-11-5-1-2-6-12(11)20-15(10)18/h1-7H. The van der Waals surface area contributed by atoms with Gasteiger partial charge in [-0.2, -0.15) is 5.26 Å². The first kappa shape index (κ1) is 11.1. The van der Waals surface area contributed by atoms with Gasteiger partial charge in [0, 0.05) is 6.20 Å². The minimum absolute atomic E-state index is 0.187. The van der Waals surface area contributed by atoms with Crippen LogP contribution in [0.25, 0.3) is 26.1 Å². The molecule has 0 atom stereocenters. The molecule has 1 aromatic carbocycles. The van der Waals surface area contributed by atoms with Gasteiger partial charge in [-0.05, 0) is 24.3 Å². The van der Waals surface area contributed by atoms with E-state index in [-0.39, 0.29) is 11.0 Å². The highest BCUT2D eigenvalue weighted by Gasteiger charge is 2.16. The van der Waals surface area contributed by atoms with E-state index in [0.29, 0.717) is 15.9 Å². The lowest BCUT2D eigenvalue weighted by atomic mass is 10.2. The maximum atomic E-state index is 12.4. The average Bonchev–Trinajstić information content (AvgIpc) is 2.87. The largest absolute Gasteiger partial charge is 0.288 e. The third-order valence-corrected chi connectivity index (χ3v) is 4.46. The normalized spacial score (nSPS) is 11.2. The van der Waals surface area contributed by atoms with Gasteiger partial charge in [0.1, 0.15) is 22.1 Å². The first-order valence-corrected chi connectivity index (χ1v) is 6.84. The lowest BCUT2D eigenvalue weighted by Crippen LogP contribution is -2.10. The molecular weight excluding hydrogens is 270 g/mol. The van der Waals surface area contributed by atoms with Crippen LogP contribution in [0.1, 0.15) is 5.56 Å². The monoisotopic (exact) mass is 277 g/mol. The number of aromatic nitrogens is 2. The topological polar surface area (TPSA) is 58.2 Å². The number of benzene rings is 1. The van der Waals surface area contributed by atoms with Gasteiger partial charge in [-0.15, -0.1) is 11.3 Å². The molecule has 0 radical (unpaired) electrons. The fraction of sp³-hybridized carbons (Fsp3) is 0. The maximum Gasteiger partial charge on any atom is 0.210 e. The molecule has 0 N–H and O–H groups in total. The van der Waals surface area contributed by atoms with Gasteiger partial charge >= 0.3 is 0 Å². The van der Waals surface area contributed by atoms with Crippen LogP contribution in [0, 0.1) is 11.3 Å².